The van der Waals surface area contributed by atoms with Gasteiger partial charge in [0.15, 0.2) is 11.6 Å². The molecule has 0 N–H and O–H groups in total. The van der Waals surface area contributed by atoms with Gasteiger partial charge in [0.25, 0.3) is 0 Å². The number of rotatable bonds is 8. The highest BCUT2D eigenvalue weighted by atomic mass is 19.4. The Kier molecular flexibility index (Phi) is 7.47. The topological polar surface area (TPSA) is 18.5 Å². The molecular formula is C25H22F4O2. The fraction of sp³-hybridized carbons (Fsp3) is 0.200. The van der Waals surface area contributed by atoms with Gasteiger partial charge in [-0.2, -0.15) is 13.2 Å². The second kappa shape index (κ2) is 10.3. The first-order chi connectivity index (χ1) is 14.9. The van der Waals surface area contributed by atoms with Crippen LogP contribution < -0.4 is 4.74 Å². The van der Waals surface area contributed by atoms with Crippen molar-refractivity contribution in [2.24, 2.45) is 0 Å². The lowest BCUT2D eigenvalue weighted by atomic mass is 9.98. The lowest BCUT2D eigenvalue weighted by Crippen LogP contribution is -2.25. The molecule has 0 aromatic heterocycles. The highest BCUT2D eigenvalue weighted by molar-refractivity contribution is 5.49. The smallest absolute Gasteiger partial charge is 0.397 e. The predicted octanol–water partition coefficient (Wildman–Crippen LogP) is 7.51. The Bertz CT molecular complexity index is 996. The van der Waals surface area contributed by atoms with E-state index >= 15 is 0 Å². The van der Waals surface area contributed by atoms with Crippen LogP contribution in [0.15, 0.2) is 78.9 Å². The van der Waals surface area contributed by atoms with Gasteiger partial charge in [-0.1, -0.05) is 60.7 Å². The van der Waals surface area contributed by atoms with E-state index in [-0.39, 0.29) is 17.9 Å². The zero-order valence-electron chi connectivity index (χ0n) is 16.9. The van der Waals surface area contributed by atoms with Crippen molar-refractivity contribution in [3.8, 4) is 11.5 Å². The number of alkyl halides is 3. The van der Waals surface area contributed by atoms with Crippen LogP contribution in [0.4, 0.5) is 17.6 Å². The molecule has 0 fully saturated rings. The minimum Gasteiger partial charge on any atom is -0.454 e. The van der Waals surface area contributed by atoms with Crippen molar-refractivity contribution in [2.75, 3.05) is 6.61 Å². The van der Waals surface area contributed by atoms with Crippen molar-refractivity contribution < 1.29 is 27.0 Å². The monoisotopic (exact) mass is 430 g/mol. The zero-order valence-corrected chi connectivity index (χ0v) is 16.9. The van der Waals surface area contributed by atoms with Crippen LogP contribution in [0.25, 0.3) is 6.08 Å². The molecule has 3 aromatic carbocycles. The van der Waals surface area contributed by atoms with E-state index in [0.717, 1.165) is 5.56 Å². The normalized spacial score (nSPS) is 12.8. The number of hydrogen-bond acceptors (Lipinski definition) is 2. The zero-order chi connectivity index (χ0) is 22.3. The average Bonchev–Trinajstić information content (AvgIpc) is 2.74. The summed E-state index contributed by atoms with van der Waals surface area (Å²) < 4.78 is 65.7. The SMILES string of the molecule is CC=Cc1ccc(C(COCc2ccc(F)c(Oc3ccccc3)c2)C(F)(F)F)cc1. The van der Waals surface area contributed by atoms with Crippen LogP contribution in [0.2, 0.25) is 0 Å². The third kappa shape index (κ3) is 6.43. The van der Waals surface area contributed by atoms with E-state index in [1.165, 1.54) is 30.3 Å². The molecule has 0 spiro atoms. The van der Waals surface area contributed by atoms with E-state index in [9.17, 15) is 17.6 Å². The van der Waals surface area contributed by atoms with Gasteiger partial charge in [0.05, 0.1) is 13.2 Å². The van der Waals surface area contributed by atoms with Gasteiger partial charge in [0.1, 0.15) is 11.7 Å². The Labute approximate surface area is 178 Å². The highest BCUT2D eigenvalue weighted by Crippen LogP contribution is 2.35. The third-order valence-corrected chi connectivity index (χ3v) is 4.61. The number of benzene rings is 3. The molecule has 0 radical (unpaired) electrons. The first-order valence-corrected chi connectivity index (χ1v) is 9.75. The van der Waals surface area contributed by atoms with Crippen molar-refractivity contribution >= 4 is 6.08 Å². The van der Waals surface area contributed by atoms with E-state index in [1.54, 1.807) is 42.5 Å². The van der Waals surface area contributed by atoms with Gasteiger partial charge < -0.3 is 9.47 Å². The van der Waals surface area contributed by atoms with Crippen molar-refractivity contribution in [3.63, 3.8) is 0 Å². The Morgan fingerprint density at radius 2 is 1.65 bits per heavy atom. The molecule has 3 rings (SSSR count). The lowest BCUT2D eigenvalue weighted by molar-refractivity contribution is -0.163. The molecule has 3 aromatic rings. The summed E-state index contributed by atoms with van der Waals surface area (Å²) in [4.78, 5) is 0. The van der Waals surface area contributed by atoms with E-state index < -0.39 is 24.5 Å². The summed E-state index contributed by atoms with van der Waals surface area (Å²) in [5, 5.41) is 0. The second-order valence-electron chi connectivity index (χ2n) is 6.96. The minimum absolute atomic E-state index is 0.0146. The molecule has 2 nitrogen and oxygen atoms in total. The summed E-state index contributed by atoms with van der Waals surface area (Å²) in [5.74, 6) is -1.88. The highest BCUT2D eigenvalue weighted by Gasteiger charge is 2.40. The van der Waals surface area contributed by atoms with E-state index in [1.807, 2.05) is 19.1 Å². The van der Waals surface area contributed by atoms with Gasteiger partial charge in [-0.15, -0.1) is 0 Å². The van der Waals surface area contributed by atoms with Crippen LogP contribution in [-0.4, -0.2) is 12.8 Å². The number of halogens is 4. The number of hydrogen-bond donors (Lipinski definition) is 0. The van der Waals surface area contributed by atoms with Crippen LogP contribution in [0, 0.1) is 5.82 Å². The summed E-state index contributed by atoms with van der Waals surface area (Å²) in [6.07, 6.45) is -0.823. The summed E-state index contributed by atoms with van der Waals surface area (Å²) in [6, 6.07) is 19.0. The molecule has 0 aliphatic heterocycles. The fourth-order valence-corrected chi connectivity index (χ4v) is 3.04. The summed E-state index contributed by atoms with van der Waals surface area (Å²) >= 11 is 0. The first-order valence-electron chi connectivity index (χ1n) is 9.75. The second-order valence-corrected chi connectivity index (χ2v) is 6.96. The maximum atomic E-state index is 14.1. The van der Waals surface area contributed by atoms with Gasteiger partial charge in [-0.05, 0) is 47.9 Å². The van der Waals surface area contributed by atoms with Crippen LogP contribution in [0.1, 0.15) is 29.5 Å². The molecule has 0 saturated carbocycles. The van der Waals surface area contributed by atoms with Crippen LogP contribution in [-0.2, 0) is 11.3 Å². The number of allylic oxidation sites excluding steroid dienone is 1. The van der Waals surface area contributed by atoms with Gasteiger partial charge in [0, 0.05) is 0 Å². The average molecular weight is 430 g/mol. The summed E-state index contributed by atoms with van der Waals surface area (Å²) in [6.45, 7) is 1.19. The number of ether oxygens (including phenoxy) is 2. The van der Waals surface area contributed by atoms with Crippen LogP contribution >= 0.6 is 0 Å². The van der Waals surface area contributed by atoms with Crippen molar-refractivity contribution in [1.29, 1.82) is 0 Å². The molecular weight excluding hydrogens is 408 g/mol. The maximum absolute atomic E-state index is 14.1. The third-order valence-electron chi connectivity index (χ3n) is 4.61. The predicted molar refractivity (Wildman–Crippen MR) is 113 cm³/mol. The number of para-hydroxylation sites is 1. The first kappa shape index (κ1) is 22.6. The lowest BCUT2D eigenvalue weighted by Gasteiger charge is -2.21. The standard InChI is InChI=1S/C25H22F4O2/c1-2-6-18-9-12-20(13-10-18)22(25(27,28)29)17-30-16-19-11-14-23(26)24(15-19)31-21-7-4-3-5-8-21/h2-15,22H,16-17H2,1H3. The van der Waals surface area contributed by atoms with Gasteiger partial charge in [-0.3, -0.25) is 0 Å². The maximum Gasteiger partial charge on any atom is 0.397 e. The van der Waals surface area contributed by atoms with Crippen molar-refractivity contribution in [3.05, 3.63) is 101 Å². The van der Waals surface area contributed by atoms with Crippen molar-refractivity contribution in [2.45, 2.75) is 25.6 Å². The largest absolute Gasteiger partial charge is 0.454 e. The molecule has 0 saturated heterocycles. The van der Waals surface area contributed by atoms with E-state index in [0.29, 0.717) is 11.3 Å². The minimum atomic E-state index is -4.45. The van der Waals surface area contributed by atoms with Crippen molar-refractivity contribution in [1.82, 2.24) is 0 Å². The van der Waals surface area contributed by atoms with Crippen LogP contribution in [0.5, 0.6) is 11.5 Å². The Balaban J connectivity index is 1.67. The van der Waals surface area contributed by atoms with E-state index in [2.05, 4.69) is 0 Å². The van der Waals surface area contributed by atoms with Crippen LogP contribution in [0.3, 0.4) is 0 Å². The summed E-state index contributed by atoms with van der Waals surface area (Å²) in [5.41, 5.74) is 1.47. The Morgan fingerprint density at radius 1 is 0.935 bits per heavy atom. The summed E-state index contributed by atoms with van der Waals surface area (Å²) in [7, 11) is 0. The fourth-order valence-electron chi connectivity index (χ4n) is 3.04. The van der Waals surface area contributed by atoms with E-state index in [4.69, 9.17) is 9.47 Å². The molecule has 0 aliphatic rings. The Hall–Kier alpha value is -3.12. The van der Waals surface area contributed by atoms with Gasteiger partial charge in [0.2, 0.25) is 0 Å². The molecule has 1 unspecified atom stereocenters. The Morgan fingerprint density at radius 3 is 2.29 bits per heavy atom. The molecule has 162 valence electrons. The molecule has 0 amide bonds. The van der Waals surface area contributed by atoms with Gasteiger partial charge >= 0.3 is 6.18 Å². The molecule has 0 heterocycles. The molecule has 31 heavy (non-hydrogen) atoms. The molecule has 6 heteroatoms. The molecule has 0 bridgehead atoms. The molecule has 1 atom stereocenters. The quantitative estimate of drug-likeness (QED) is 0.344. The molecule has 0 aliphatic carbocycles. The van der Waals surface area contributed by atoms with Gasteiger partial charge in [-0.25, -0.2) is 4.39 Å².